The van der Waals surface area contributed by atoms with E-state index in [1.165, 1.54) is 0 Å². The SMILES string of the molecule is O=C1CCCN1CCNCc1ccccc1OCC(O)CN1CCSCC1. The number of hydrogen-bond acceptors (Lipinski definition) is 6. The molecule has 3 rings (SSSR count). The Hall–Kier alpha value is -1.28. The highest BCUT2D eigenvalue weighted by molar-refractivity contribution is 7.99. The van der Waals surface area contributed by atoms with Crippen LogP contribution in [0, 0.1) is 0 Å². The van der Waals surface area contributed by atoms with Gasteiger partial charge in [-0.1, -0.05) is 18.2 Å². The van der Waals surface area contributed by atoms with Crippen LogP contribution in [0.4, 0.5) is 0 Å². The molecule has 150 valence electrons. The average Bonchev–Trinajstić information content (AvgIpc) is 3.10. The highest BCUT2D eigenvalue weighted by atomic mass is 32.2. The van der Waals surface area contributed by atoms with Crippen molar-refractivity contribution in [2.75, 3.05) is 57.4 Å². The van der Waals surface area contributed by atoms with Crippen molar-refractivity contribution in [3.8, 4) is 5.75 Å². The topological polar surface area (TPSA) is 65.0 Å². The van der Waals surface area contributed by atoms with E-state index in [0.29, 0.717) is 26.1 Å². The van der Waals surface area contributed by atoms with Crippen molar-refractivity contribution >= 4 is 17.7 Å². The van der Waals surface area contributed by atoms with Gasteiger partial charge in [0, 0.05) is 69.3 Å². The van der Waals surface area contributed by atoms with Crippen LogP contribution >= 0.6 is 11.8 Å². The first-order valence-electron chi connectivity index (χ1n) is 9.90. The van der Waals surface area contributed by atoms with E-state index in [1.54, 1.807) is 0 Å². The largest absolute Gasteiger partial charge is 0.491 e. The van der Waals surface area contributed by atoms with Crippen molar-refractivity contribution in [2.45, 2.75) is 25.5 Å². The van der Waals surface area contributed by atoms with E-state index in [9.17, 15) is 9.90 Å². The Bertz CT molecular complexity index is 596. The van der Waals surface area contributed by atoms with Gasteiger partial charge in [-0.15, -0.1) is 0 Å². The second kappa shape index (κ2) is 10.9. The van der Waals surface area contributed by atoms with Gasteiger partial charge in [-0.2, -0.15) is 11.8 Å². The van der Waals surface area contributed by atoms with E-state index in [1.807, 2.05) is 40.9 Å². The number of aliphatic hydroxyl groups excluding tert-OH is 1. The number of benzene rings is 1. The maximum absolute atomic E-state index is 11.6. The zero-order valence-corrected chi connectivity index (χ0v) is 16.8. The van der Waals surface area contributed by atoms with Crippen molar-refractivity contribution < 1.29 is 14.6 Å². The van der Waals surface area contributed by atoms with Crippen LogP contribution in [0.1, 0.15) is 18.4 Å². The molecule has 1 aromatic carbocycles. The number of hydrogen-bond donors (Lipinski definition) is 2. The molecule has 2 N–H and O–H groups in total. The van der Waals surface area contributed by atoms with Gasteiger partial charge in [-0.3, -0.25) is 9.69 Å². The van der Waals surface area contributed by atoms with Gasteiger partial charge in [0.15, 0.2) is 0 Å². The Morgan fingerprint density at radius 1 is 1.22 bits per heavy atom. The number of likely N-dealkylation sites (tertiary alicyclic amines) is 1. The second-order valence-corrected chi connectivity index (χ2v) is 8.37. The molecule has 7 heteroatoms. The van der Waals surface area contributed by atoms with Crippen LogP contribution in [0.3, 0.4) is 0 Å². The summed E-state index contributed by atoms with van der Waals surface area (Å²) in [4.78, 5) is 15.9. The first-order chi connectivity index (χ1) is 13.2. The molecule has 0 saturated carbocycles. The van der Waals surface area contributed by atoms with Crippen LogP contribution in [0.5, 0.6) is 5.75 Å². The van der Waals surface area contributed by atoms with Gasteiger partial charge in [-0.25, -0.2) is 0 Å². The molecule has 2 fully saturated rings. The summed E-state index contributed by atoms with van der Waals surface area (Å²) in [6.07, 6.45) is 1.19. The van der Waals surface area contributed by atoms with Gasteiger partial charge in [-0.05, 0) is 12.5 Å². The Morgan fingerprint density at radius 3 is 2.81 bits per heavy atom. The van der Waals surface area contributed by atoms with E-state index >= 15 is 0 Å². The number of nitrogens with zero attached hydrogens (tertiary/aromatic N) is 2. The summed E-state index contributed by atoms with van der Waals surface area (Å²) in [5.41, 5.74) is 1.08. The molecule has 2 saturated heterocycles. The minimum atomic E-state index is -0.477. The number of nitrogens with one attached hydrogen (secondary N) is 1. The van der Waals surface area contributed by atoms with Crippen molar-refractivity contribution in [1.29, 1.82) is 0 Å². The van der Waals surface area contributed by atoms with E-state index in [2.05, 4.69) is 10.2 Å². The zero-order chi connectivity index (χ0) is 18.9. The first kappa shape index (κ1) is 20.5. The summed E-state index contributed by atoms with van der Waals surface area (Å²) in [5.74, 6) is 3.37. The molecular formula is C20H31N3O3S. The molecule has 2 aliphatic heterocycles. The quantitative estimate of drug-likeness (QED) is 0.582. The molecule has 6 nitrogen and oxygen atoms in total. The van der Waals surface area contributed by atoms with Gasteiger partial charge in [0.05, 0.1) is 0 Å². The fourth-order valence-corrected chi connectivity index (χ4v) is 4.47. The number of carbonyl (C=O) groups excluding carboxylic acids is 1. The van der Waals surface area contributed by atoms with Gasteiger partial charge in [0.2, 0.25) is 5.91 Å². The molecule has 1 aromatic rings. The molecule has 0 spiro atoms. The van der Waals surface area contributed by atoms with Crippen molar-refractivity contribution in [3.05, 3.63) is 29.8 Å². The summed E-state index contributed by atoms with van der Waals surface area (Å²) in [5, 5.41) is 13.7. The zero-order valence-electron chi connectivity index (χ0n) is 15.9. The Morgan fingerprint density at radius 2 is 2.04 bits per heavy atom. The third-order valence-corrected chi connectivity index (χ3v) is 5.96. The highest BCUT2D eigenvalue weighted by Gasteiger charge is 2.19. The van der Waals surface area contributed by atoms with Gasteiger partial charge in [0.25, 0.3) is 0 Å². The summed E-state index contributed by atoms with van der Waals surface area (Å²) >= 11 is 1.97. The summed E-state index contributed by atoms with van der Waals surface area (Å²) in [7, 11) is 0. The van der Waals surface area contributed by atoms with Crippen molar-refractivity contribution in [1.82, 2.24) is 15.1 Å². The van der Waals surface area contributed by atoms with E-state index in [0.717, 1.165) is 62.0 Å². The molecule has 0 bridgehead atoms. The van der Waals surface area contributed by atoms with Crippen LogP contribution in [0.2, 0.25) is 0 Å². The number of aliphatic hydroxyl groups is 1. The molecule has 1 amide bonds. The number of para-hydroxylation sites is 1. The normalized spacial score (nSPS) is 19.4. The minimum absolute atomic E-state index is 0.266. The molecule has 0 aliphatic carbocycles. The number of rotatable bonds is 10. The van der Waals surface area contributed by atoms with Crippen LogP contribution < -0.4 is 10.1 Å². The van der Waals surface area contributed by atoms with Crippen molar-refractivity contribution in [3.63, 3.8) is 0 Å². The fourth-order valence-electron chi connectivity index (χ4n) is 3.49. The smallest absolute Gasteiger partial charge is 0.222 e. The minimum Gasteiger partial charge on any atom is -0.491 e. The van der Waals surface area contributed by atoms with Crippen LogP contribution in [0.25, 0.3) is 0 Å². The number of β-amino-alcohol motifs (C(OH)–C–C–N with tert-alkyl or cyclic N) is 1. The number of ether oxygens (including phenoxy) is 1. The third kappa shape index (κ3) is 6.68. The molecule has 0 radical (unpaired) electrons. The van der Waals surface area contributed by atoms with Gasteiger partial charge < -0.3 is 20.1 Å². The Labute approximate surface area is 166 Å². The lowest BCUT2D eigenvalue weighted by Gasteiger charge is -2.28. The van der Waals surface area contributed by atoms with Crippen LogP contribution in [0.15, 0.2) is 24.3 Å². The maximum Gasteiger partial charge on any atom is 0.222 e. The number of carbonyl (C=O) groups is 1. The molecule has 0 aromatic heterocycles. The highest BCUT2D eigenvalue weighted by Crippen LogP contribution is 2.18. The van der Waals surface area contributed by atoms with Crippen molar-refractivity contribution in [2.24, 2.45) is 0 Å². The standard InChI is InChI=1S/C20H31N3O3S/c24-18(15-22-10-12-27-13-11-22)16-26-19-5-2-1-4-17(19)14-21-7-9-23-8-3-6-20(23)25/h1-2,4-5,18,21,24H,3,6-16H2. The molecule has 2 heterocycles. The monoisotopic (exact) mass is 393 g/mol. The van der Waals surface area contributed by atoms with E-state index in [4.69, 9.17) is 4.74 Å². The molecule has 1 atom stereocenters. The molecular weight excluding hydrogens is 362 g/mol. The summed E-state index contributed by atoms with van der Waals surface area (Å²) in [6.45, 7) is 6.17. The van der Waals surface area contributed by atoms with E-state index < -0.39 is 6.10 Å². The molecule has 27 heavy (non-hydrogen) atoms. The lowest BCUT2D eigenvalue weighted by Crippen LogP contribution is -2.40. The second-order valence-electron chi connectivity index (χ2n) is 7.15. The Kier molecular flexibility index (Phi) is 8.26. The lowest BCUT2D eigenvalue weighted by atomic mass is 10.2. The summed E-state index contributed by atoms with van der Waals surface area (Å²) < 4.78 is 5.90. The van der Waals surface area contributed by atoms with Crippen LogP contribution in [-0.2, 0) is 11.3 Å². The maximum atomic E-state index is 11.6. The fraction of sp³-hybridized carbons (Fsp3) is 0.650. The predicted molar refractivity (Wildman–Crippen MR) is 109 cm³/mol. The van der Waals surface area contributed by atoms with Crippen LogP contribution in [-0.4, -0.2) is 84.3 Å². The molecule has 1 unspecified atom stereocenters. The number of thioether (sulfide) groups is 1. The lowest BCUT2D eigenvalue weighted by molar-refractivity contribution is -0.127. The van der Waals surface area contributed by atoms with Gasteiger partial charge in [0.1, 0.15) is 18.5 Å². The number of amides is 1. The van der Waals surface area contributed by atoms with E-state index in [-0.39, 0.29) is 5.91 Å². The summed E-state index contributed by atoms with van der Waals surface area (Å²) in [6, 6.07) is 7.94. The third-order valence-electron chi connectivity index (χ3n) is 5.02. The first-order valence-corrected chi connectivity index (χ1v) is 11.0. The van der Waals surface area contributed by atoms with Gasteiger partial charge >= 0.3 is 0 Å². The molecule has 2 aliphatic rings. The average molecular weight is 394 g/mol. The predicted octanol–water partition coefficient (Wildman–Crippen LogP) is 1.19. The Balaban J connectivity index is 1.39.